The number of hydrogen-bond acceptors (Lipinski definition) is 7. The summed E-state index contributed by atoms with van der Waals surface area (Å²) in [4.78, 5) is 22.1. The number of ether oxygens (including phenoxy) is 1. The Morgan fingerprint density at radius 1 is 1.30 bits per heavy atom. The molecule has 1 aromatic heterocycles. The Kier molecular flexibility index (Phi) is 5.70. The summed E-state index contributed by atoms with van der Waals surface area (Å²) < 4.78 is 19.1. The van der Waals surface area contributed by atoms with E-state index in [9.17, 15) is 14.3 Å². The van der Waals surface area contributed by atoms with Crippen LogP contribution in [0.4, 0.5) is 16.0 Å². The van der Waals surface area contributed by atoms with Gasteiger partial charge in [-0.1, -0.05) is 6.07 Å². The minimum atomic E-state index is -1.41. The molecule has 2 heterocycles. The monoisotopic (exact) mass is 376 g/mol. The predicted octanol–water partition coefficient (Wildman–Crippen LogP) is 1.52. The molecule has 144 valence electrons. The second-order valence-electron chi connectivity index (χ2n) is 6.26. The average molecular weight is 376 g/mol. The molecule has 3 rings (SSSR count). The van der Waals surface area contributed by atoms with Crippen LogP contribution in [-0.4, -0.2) is 58.0 Å². The molecule has 0 amide bonds. The van der Waals surface area contributed by atoms with Crippen LogP contribution in [0, 0.1) is 5.82 Å². The third kappa shape index (κ3) is 4.43. The molecule has 1 aliphatic heterocycles. The van der Waals surface area contributed by atoms with Crippen molar-refractivity contribution in [2.45, 2.75) is 18.4 Å². The Balaban J connectivity index is 1.70. The first kappa shape index (κ1) is 18.8. The number of carboxylic acids is 1. The molecule has 0 saturated carbocycles. The number of halogens is 1. The molecule has 0 unspecified atom stereocenters. The highest BCUT2D eigenvalue weighted by atomic mass is 19.1. The lowest BCUT2D eigenvalue weighted by molar-refractivity contribution is -0.157. The van der Waals surface area contributed by atoms with E-state index < -0.39 is 17.4 Å². The van der Waals surface area contributed by atoms with E-state index in [-0.39, 0.29) is 25.2 Å². The van der Waals surface area contributed by atoms with Crippen LogP contribution < -0.4 is 15.0 Å². The molecule has 0 spiro atoms. The number of rotatable bonds is 7. The fourth-order valence-corrected chi connectivity index (χ4v) is 3.01. The van der Waals surface area contributed by atoms with Crippen molar-refractivity contribution in [3.63, 3.8) is 0 Å². The van der Waals surface area contributed by atoms with Crippen molar-refractivity contribution in [3.05, 3.63) is 42.5 Å². The zero-order chi connectivity index (χ0) is 19.3. The highest BCUT2D eigenvalue weighted by Gasteiger charge is 2.44. The van der Waals surface area contributed by atoms with Crippen molar-refractivity contribution in [2.24, 2.45) is 0 Å². The van der Waals surface area contributed by atoms with Crippen molar-refractivity contribution in [3.8, 4) is 5.75 Å². The van der Waals surface area contributed by atoms with Gasteiger partial charge in [-0.25, -0.2) is 19.2 Å². The maximum Gasteiger partial charge on any atom is 0.348 e. The number of aliphatic hydroxyl groups excluding tert-OH is 1. The molecule has 9 heteroatoms. The van der Waals surface area contributed by atoms with Gasteiger partial charge < -0.3 is 25.2 Å². The lowest BCUT2D eigenvalue weighted by atomic mass is 9.91. The molecule has 8 nitrogen and oxygen atoms in total. The van der Waals surface area contributed by atoms with Crippen LogP contribution in [0.3, 0.4) is 0 Å². The standard InChI is InChI=1S/C18H21FN4O4/c19-13-2-1-3-14(10-13)27-18(17(25)26)4-7-23(8-5-18)16-11-15(20-6-9-24)21-12-22-16/h1-3,10-12,24H,4-9H2,(H,25,26)(H,20,21,22). The molecule has 2 aromatic rings. The van der Waals surface area contributed by atoms with Gasteiger partial charge in [0.05, 0.1) is 6.61 Å². The van der Waals surface area contributed by atoms with Crippen molar-refractivity contribution in [1.29, 1.82) is 0 Å². The van der Waals surface area contributed by atoms with Crippen LogP contribution >= 0.6 is 0 Å². The molecule has 1 fully saturated rings. The molecule has 0 aliphatic carbocycles. The highest BCUT2D eigenvalue weighted by Crippen LogP contribution is 2.31. The summed E-state index contributed by atoms with van der Waals surface area (Å²) in [5.41, 5.74) is -1.41. The lowest BCUT2D eigenvalue weighted by Crippen LogP contribution is -2.53. The third-order valence-electron chi connectivity index (χ3n) is 4.46. The normalized spacial score (nSPS) is 16.0. The summed E-state index contributed by atoms with van der Waals surface area (Å²) in [5.74, 6) is -0.104. The number of aromatic nitrogens is 2. The van der Waals surface area contributed by atoms with Gasteiger partial charge >= 0.3 is 5.97 Å². The Morgan fingerprint density at radius 2 is 2.07 bits per heavy atom. The van der Waals surface area contributed by atoms with Gasteiger partial charge in [0, 0.05) is 44.6 Å². The van der Waals surface area contributed by atoms with E-state index in [1.165, 1.54) is 24.5 Å². The molecule has 1 aromatic carbocycles. The second-order valence-corrected chi connectivity index (χ2v) is 6.26. The summed E-state index contributed by atoms with van der Waals surface area (Å²) >= 11 is 0. The lowest BCUT2D eigenvalue weighted by Gasteiger charge is -2.39. The third-order valence-corrected chi connectivity index (χ3v) is 4.46. The number of piperidine rings is 1. The molecule has 0 atom stereocenters. The van der Waals surface area contributed by atoms with Gasteiger partial charge in [0.15, 0.2) is 0 Å². The molecule has 0 radical (unpaired) electrons. The summed E-state index contributed by atoms with van der Waals surface area (Å²) in [6.45, 7) is 1.19. The van der Waals surface area contributed by atoms with Crippen LogP contribution in [0.5, 0.6) is 5.75 Å². The van der Waals surface area contributed by atoms with Crippen molar-refractivity contribution in [2.75, 3.05) is 36.5 Å². The van der Waals surface area contributed by atoms with Crippen molar-refractivity contribution >= 4 is 17.6 Å². The van der Waals surface area contributed by atoms with Crippen LogP contribution in [0.2, 0.25) is 0 Å². The Hall–Kier alpha value is -2.94. The predicted molar refractivity (Wildman–Crippen MR) is 96.4 cm³/mol. The van der Waals surface area contributed by atoms with E-state index in [2.05, 4.69) is 15.3 Å². The SMILES string of the molecule is O=C(O)C1(Oc2cccc(F)c2)CCN(c2cc(NCCO)ncn2)CC1. The van der Waals surface area contributed by atoms with Gasteiger partial charge in [-0.05, 0) is 12.1 Å². The zero-order valence-corrected chi connectivity index (χ0v) is 14.6. The van der Waals surface area contributed by atoms with Crippen molar-refractivity contribution < 1.29 is 24.1 Å². The van der Waals surface area contributed by atoms with Crippen LogP contribution in [-0.2, 0) is 4.79 Å². The second kappa shape index (κ2) is 8.17. The topological polar surface area (TPSA) is 108 Å². The van der Waals surface area contributed by atoms with Gasteiger partial charge in [0.2, 0.25) is 5.60 Å². The van der Waals surface area contributed by atoms with E-state index in [4.69, 9.17) is 9.84 Å². The Bertz CT molecular complexity index is 796. The van der Waals surface area contributed by atoms with Crippen LogP contribution in [0.25, 0.3) is 0 Å². The first-order chi connectivity index (χ1) is 13.0. The highest BCUT2D eigenvalue weighted by molar-refractivity contribution is 5.78. The van der Waals surface area contributed by atoms with E-state index >= 15 is 0 Å². The zero-order valence-electron chi connectivity index (χ0n) is 14.6. The van der Waals surface area contributed by atoms with E-state index in [0.29, 0.717) is 31.3 Å². The summed E-state index contributed by atoms with van der Waals surface area (Å²) in [5, 5.41) is 21.6. The number of aliphatic hydroxyl groups is 1. The van der Waals surface area contributed by atoms with E-state index in [0.717, 1.165) is 0 Å². The van der Waals surface area contributed by atoms with Gasteiger partial charge in [-0.3, -0.25) is 0 Å². The molecule has 27 heavy (non-hydrogen) atoms. The molecule has 3 N–H and O–H groups in total. The number of carbonyl (C=O) groups is 1. The molecular formula is C18H21FN4O4. The molecule has 1 saturated heterocycles. The maximum atomic E-state index is 13.4. The first-order valence-corrected chi connectivity index (χ1v) is 8.62. The Labute approximate surface area is 155 Å². The number of anilines is 2. The van der Waals surface area contributed by atoms with E-state index in [1.54, 1.807) is 12.1 Å². The number of carboxylic acid groups (broad SMARTS) is 1. The van der Waals surface area contributed by atoms with Gasteiger partial charge in [-0.2, -0.15) is 0 Å². The quantitative estimate of drug-likeness (QED) is 0.668. The first-order valence-electron chi connectivity index (χ1n) is 8.62. The largest absolute Gasteiger partial charge is 0.478 e. The number of nitrogens with one attached hydrogen (secondary N) is 1. The summed E-state index contributed by atoms with van der Waals surface area (Å²) in [6, 6.07) is 7.23. The number of benzene rings is 1. The molecular weight excluding hydrogens is 355 g/mol. The average Bonchev–Trinajstić information content (AvgIpc) is 2.67. The summed E-state index contributed by atoms with van der Waals surface area (Å²) in [6.07, 6.45) is 1.86. The molecule has 0 bridgehead atoms. The number of aliphatic carboxylic acids is 1. The van der Waals surface area contributed by atoms with Crippen molar-refractivity contribution in [1.82, 2.24) is 9.97 Å². The van der Waals surface area contributed by atoms with Crippen LogP contribution in [0.1, 0.15) is 12.8 Å². The fourth-order valence-electron chi connectivity index (χ4n) is 3.01. The molecule has 1 aliphatic rings. The van der Waals surface area contributed by atoms with Gasteiger partial charge in [0.25, 0.3) is 0 Å². The fraction of sp³-hybridized carbons (Fsp3) is 0.389. The van der Waals surface area contributed by atoms with Crippen LogP contribution in [0.15, 0.2) is 36.7 Å². The number of hydrogen-bond donors (Lipinski definition) is 3. The van der Waals surface area contributed by atoms with E-state index in [1.807, 2.05) is 4.90 Å². The minimum Gasteiger partial charge on any atom is -0.478 e. The minimum absolute atomic E-state index is 0.0123. The maximum absolute atomic E-state index is 13.4. The van der Waals surface area contributed by atoms with Gasteiger partial charge in [-0.15, -0.1) is 0 Å². The van der Waals surface area contributed by atoms with Gasteiger partial charge in [0.1, 0.15) is 29.5 Å². The number of nitrogens with zero attached hydrogens (tertiary/aromatic N) is 3. The smallest absolute Gasteiger partial charge is 0.348 e. The summed E-state index contributed by atoms with van der Waals surface area (Å²) in [7, 11) is 0. The Morgan fingerprint density at radius 3 is 2.74 bits per heavy atom.